The number of ether oxygens (including phenoxy) is 2. The van der Waals surface area contributed by atoms with Crippen LogP contribution in [0.3, 0.4) is 0 Å². The first-order chi connectivity index (χ1) is 10.1. The number of methoxy groups -OCH3 is 1. The first-order valence-electron chi connectivity index (χ1n) is 6.94. The molecule has 1 heterocycles. The van der Waals surface area contributed by atoms with Crippen LogP contribution in [0.2, 0.25) is 0 Å². The lowest BCUT2D eigenvalue weighted by molar-refractivity contribution is -0.147. The highest BCUT2D eigenvalue weighted by atomic mass is 32.1. The summed E-state index contributed by atoms with van der Waals surface area (Å²) in [6.07, 6.45) is 0. The zero-order valence-electron chi connectivity index (χ0n) is 12.4. The Morgan fingerprint density at radius 3 is 2.52 bits per heavy atom. The Morgan fingerprint density at radius 2 is 1.95 bits per heavy atom. The van der Waals surface area contributed by atoms with Crippen LogP contribution in [0.1, 0.15) is 25.5 Å². The van der Waals surface area contributed by atoms with Gasteiger partial charge >= 0.3 is 5.97 Å². The van der Waals surface area contributed by atoms with E-state index < -0.39 is 0 Å². The third-order valence-electron chi connectivity index (χ3n) is 3.57. The van der Waals surface area contributed by atoms with Crippen LogP contribution >= 0.6 is 12.2 Å². The Bertz CT molecular complexity index is 518. The van der Waals surface area contributed by atoms with Gasteiger partial charge in [-0.1, -0.05) is 12.1 Å². The van der Waals surface area contributed by atoms with Crippen molar-refractivity contribution in [2.45, 2.75) is 25.9 Å². The summed E-state index contributed by atoms with van der Waals surface area (Å²) in [4.78, 5) is 12.1. The molecule has 3 unspecified atom stereocenters. The Balaban J connectivity index is 2.27. The van der Waals surface area contributed by atoms with Gasteiger partial charge in [0.25, 0.3) is 0 Å². The molecular formula is C15H20N2O3S. The molecule has 6 heteroatoms. The summed E-state index contributed by atoms with van der Waals surface area (Å²) in [6.45, 7) is 4.49. The highest BCUT2D eigenvalue weighted by molar-refractivity contribution is 7.80. The number of hydrogen-bond donors (Lipinski definition) is 2. The monoisotopic (exact) mass is 308 g/mol. The number of esters is 1. The van der Waals surface area contributed by atoms with Gasteiger partial charge in [-0.25, -0.2) is 0 Å². The molecule has 1 aromatic rings. The molecule has 1 aliphatic rings. The van der Waals surface area contributed by atoms with Gasteiger partial charge < -0.3 is 20.1 Å². The molecule has 0 aromatic heterocycles. The van der Waals surface area contributed by atoms with E-state index in [0.717, 1.165) is 11.3 Å². The summed E-state index contributed by atoms with van der Waals surface area (Å²) in [5.74, 6) is 0.198. The summed E-state index contributed by atoms with van der Waals surface area (Å²) < 4.78 is 10.4. The predicted octanol–water partition coefficient (Wildman–Crippen LogP) is 1.78. The largest absolute Gasteiger partial charge is 0.494 e. The van der Waals surface area contributed by atoms with E-state index in [9.17, 15) is 4.79 Å². The molecule has 1 aliphatic heterocycles. The van der Waals surface area contributed by atoms with Crippen LogP contribution in [0.15, 0.2) is 24.3 Å². The van der Waals surface area contributed by atoms with Gasteiger partial charge in [-0.2, -0.15) is 0 Å². The lowest BCUT2D eigenvalue weighted by Crippen LogP contribution is -2.57. The van der Waals surface area contributed by atoms with Gasteiger partial charge in [-0.3, -0.25) is 4.79 Å². The summed E-state index contributed by atoms with van der Waals surface area (Å²) in [6, 6.07) is 7.37. The number of carbonyl (C=O) groups is 1. The molecule has 0 amide bonds. The highest BCUT2D eigenvalue weighted by Gasteiger charge is 2.39. The Labute approximate surface area is 130 Å². The molecule has 2 N–H and O–H groups in total. The number of carbonyl (C=O) groups excluding carboxylic acids is 1. The van der Waals surface area contributed by atoms with Gasteiger partial charge in [0.1, 0.15) is 11.7 Å². The number of hydrogen-bond acceptors (Lipinski definition) is 4. The maximum atomic E-state index is 12.1. The van der Waals surface area contributed by atoms with Crippen molar-refractivity contribution in [3.05, 3.63) is 29.8 Å². The lowest BCUT2D eigenvalue weighted by atomic mass is 9.86. The van der Waals surface area contributed by atoms with Crippen molar-refractivity contribution in [1.82, 2.24) is 10.6 Å². The second-order valence-corrected chi connectivity index (χ2v) is 5.34. The molecular weight excluding hydrogens is 288 g/mol. The molecule has 0 bridgehead atoms. The molecule has 114 valence electrons. The van der Waals surface area contributed by atoms with Crippen molar-refractivity contribution in [2.75, 3.05) is 13.7 Å². The minimum Gasteiger partial charge on any atom is -0.494 e. The number of thiocarbonyl (C=S) groups is 1. The first-order valence-corrected chi connectivity index (χ1v) is 7.35. The van der Waals surface area contributed by atoms with Gasteiger partial charge in [0.2, 0.25) is 0 Å². The molecule has 1 fully saturated rings. The van der Waals surface area contributed by atoms with Crippen molar-refractivity contribution < 1.29 is 14.3 Å². The van der Waals surface area contributed by atoms with Crippen molar-refractivity contribution in [1.29, 1.82) is 0 Å². The first kappa shape index (κ1) is 15.6. The normalized spacial score (nSPS) is 24.7. The second kappa shape index (κ2) is 6.76. The highest BCUT2D eigenvalue weighted by Crippen LogP contribution is 2.30. The van der Waals surface area contributed by atoms with Crippen LogP contribution in [-0.4, -0.2) is 30.8 Å². The number of rotatable bonds is 4. The fraction of sp³-hybridized carbons (Fsp3) is 0.467. The third kappa shape index (κ3) is 3.44. The topological polar surface area (TPSA) is 59.6 Å². The van der Waals surface area contributed by atoms with E-state index in [-0.39, 0.29) is 24.0 Å². The average molecular weight is 308 g/mol. The molecule has 21 heavy (non-hydrogen) atoms. The average Bonchev–Trinajstić information content (AvgIpc) is 2.47. The summed E-state index contributed by atoms with van der Waals surface area (Å²) >= 11 is 5.20. The summed E-state index contributed by atoms with van der Waals surface area (Å²) in [5, 5.41) is 6.77. The summed E-state index contributed by atoms with van der Waals surface area (Å²) in [5.41, 5.74) is 0.976. The van der Waals surface area contributed by atoms with Crippen LogP contribution in [0, 0.1) is 5.92 Å². The maximum absolute atomic E-state index is 12.1. The lowest BCUT2D eigenvalue weighted by Gasteiger charge is -2.37. The van der Waals surface area contributed by atoms with Crippen LogP contribution in [0.5, 0.6) is 5.75 Å². The summed E-state index contributed by atoms with van der Waals surface area (Å²) in [7, 11) is 1.40. The zero-order valence-corrected chi connectivity index (χ0v) is 13.2. The molecule has 0 spiro atoms. The van der Waals surface area contributed by atoms with E-state index >= 15 is 0 Å². The van der Waals surface area contributed by atoms with Gasteiger partial charge in [-0.05, 0) is 43.8 Å². The molecule has 1 saturated heterocycles. The van der Waals surface area contributed by atoms with E-state index in [4.69, 9.17) is 21.7 Å². The molecule has 1 aromatic carbocycles. The van der Waals surface area contributed by atoms with E-state index in [1.165, 1.54) is 7.11 Å². The van der Waals surface area contributed by atoms with E-state index in [1.54, 1.807) is 0 Å². The predicted molar refractivity (Wildman–Crippen MR) is 84.2 cm³/mol. The van der Waals surface area contributed by atoms with Crippen molar-refractivity contribution >= 4 is 23.3 Å². The molecule has 2 rings (SSSR count). The molecule has 0 radical (unpaired) electrons. The minimum absolute atomic E-state index is 0.0947. The Morgan fingerprint density at radius 1 is 1.29 bits per heavy atom. The smallest absolute Gasteiger partial charge is 0.313 e. The Kier molecular flexibility index (Phi) is 5.01. The standard InChI is InChI=1S/C15H20N2O3S/c1-4-20-11-7-5-10(6-8-11)13-12(14(18)19-3)9(2)16-15(21)17-13/h5-9,12-13H,4H2,1-3H3,(H2,16,17,21). The minimum atomic E-state index is -0.348. The van der Waals surface area contributed by atoms with Gasteiger partial charge in [-0.15, -0.1) is 0 Å². The van der Waals surface area contributed by atoms with Crippen LogP contribution in [-0.2, 0) is 9.53 Å². The number of nitrogens with one attached hydrogen (secondary N) is 2. The maximum Gasteiger partial charge on any atom is 0.313 e. The van der Waals surface area contributed by atoms with E-state index in [2.05, 4.69) is 10.6 Å². The Hall–Kier alpha value is -1.82. The molecule has 5 nitrogen and oxygen atoms in total. The van der Waals surface area contributed by atoms with Gasteiger partial charge in [0, 0.05) is 6.04 Å². The van der Waals surface area contributed by atoms with Crippen LogP contribution in [0.25, 0.3) is 0 Å². The van der Waals surface area contributed by atoms with E-state index in [0.29, 0.717) is 11.7 Å². The molecule has 0 aliphatic carbocycles. The van der Waals surface area contributed by atoms with E-state index in [1.807, 2.05) is 38.1 Å². The quantitative estimate of drug-likeness (QED) is 0.653. The third-order valence-corrected chi connectivity index (χ3v) is 3.80. The SMILES string of the molecule is CCOc1ccc(C2NC(=S)NC(C)C2C(=O)OC)cc1. The number of benzene rings is 1. The fourth-order valence-corrected chi connectivity index (χ4v) is 2.88. The van der Waals surface area contributed by atoms with Gasteiger partial charge in [0.05, 0.1) is 19.8 Å². The molecule has 0 saturated carbocycles. The second-order valence-electron chi connectivity index (χ2n) is 4.94. The van der Waals surface area contributed by atoms with Crippen molar-refractivity contribution in [2.24, 2.45) is 5.92 Å². The van der Waals surface area contributed by atoms with Gasteiger partial charge in [0.15, 0.2) is 5.11 Å². The molecule has 3 atom stereocenters. The van der Waals surface area contributed by atoms with Crippen LogP contribution in [0.4, 0.5) is 0 Å². The fourth-order valence-electron chi connectivity index (χ4n) is 2.56. The van der Waals surface area contributed by atoms with Crippen LogP contribution < -0.4 is 15.4 Å². The van der Waals surface area contributed by atoms with Crippen molar-refractivity contribution in [3.63, 3.8) is 0 Å². The van der Waals surface area contributed by atoms with Crippen molar-refractivity contribution in [3.8, 4) is 5.75 Å². The zero-order chi connectivity index (χ0) is 15.4.